The van der Waals surface area contributed by atoms with Crippen molar-refractivity contribution in [3.63, 3.8) is 0 Å². The highest BCUT2D eigenvalue weighted by atomic mass is 32.2. The SMILES string of the molecule is O=Cc1c(F)cccc1SC1CCCC1. The van der Waals surface area contributed by atoms with Gasteiger partial charge < -0.3 is 0 Å². The summed E-state index contributed by atoms with van der Waals surface area (Å²) in [5.74, 6) is -0.409. The van der Waals surface area contributed by atoms with Gasteiger partial charge in [-0.3, -0.25) is 4.79 Å². The molecule has 0 bridgehead atoms. The maximum Gasteiger partial charge on any atom is 0.154 e. The molecule has 1 aromatic rings. The molecular weight excluding hydrogens is 211 g/mol. The van der Waals surface area contributed by atoms with Gasteiger partial charge in [-0.25, -0.2) is 4.39 Å². The largest absolute Gasteiger partial charge is 0.298 e. The molecule has 0 spiro atoms. The Morgan fingerprint density at radius 3 is 2.73 bits per heavy atom. The van der Waals surface area contributed by atoms with Crippen LogP contribution in [0.1, 0.15) is 36.0 Å². The standard InChI is InChI=1S/C12H13FOS/c13-11-6-3-7-12(10(11)8-14)15-9-4-1-2-5-9/h3,6-9H,1-2,4-5H2. The fourth-order valence-corrected chi connectivity index (χ4v) is 3.28. The van der Waals surface area contributed by atoms with Crippen LogP contribution >= 0.6 is 11.8 Å². The summed E-state index contributed by atoms with van der Waals surface area (Å²) in [6, 6.07) is 4.83. The summed E-state index contributed by atoms with van der Waals surface area (Å²) in [7, 11) is 0. The van der Waals surface area contributed by atoms with E-state index in [0.717, 1.165) is 4.90 Å². The van der Waals surface area contributed by atoms with Crippen LogP contribution in [0.5, 0.6) is 0 Å². The third-order valence-corrected chi connectivity index (χ3v) is 4.14. The Morgan fingerprint density at radius 1 is 1.33 bits per heavy atom. The van der Waals surface area contributed by atoms with Crippen molar-refractivity contribution in [1.82, 2.24) is 0 Å². The molecule has 2 rings (SSSR count). The number of carbonyl (C=O) groups is 1. The van der Waals surface area contributed by atoms with E-state index >= 15 is 0 Å². The van der Waals surface area contributed by atoms with Crippen molar-refractivity contribution in [2.75, 3.05) is 0 Å². The van der Waals surface area contributed by atoms with E-state index < -0.39 is 5.82 Å². The predicted molar refractivity (Wildman–Crippen MR) is 59.9 cm³/mol. The molecule has 1 aliphatic rings. The van der Waals surface area contributed by atoms with Gasteiger partial charge in [-0.15, -0.1) is 11.8 Å². The zero-order valence-corrected chi connectivity index (χ0v) is 9.23. The Labute approximate surface area is 93.1 Å². The van der Waals surface area contributed by atoms with Crippen LogP contribution in [-0.4, -0.2) is 11.5 Å². The molecule has 1 fully saturated rings. The lowest BCUT2D eigenvalue weighted by Crippen LogP contribution is -1.97. The second kappa shape index (κ2) is 4.79. The topological polar surface area (TPSA) is 17.1 Å². The molecule has 0 saturated heterocycles. The molecule has 1 saturated carbocycles. The molecule has 1 aliphatic carbocycles. The Hall–Kier alpha value is -0.830. The van der Waals surface area contributed by atoms with Gasteiger partial charge in [-0.05, 0) is 25.0 Å². The van der Waals surface area contributed by atoms with Crippen LogP contribution in [0.15, 0.2) is 23.1 Å². The molecule has 3 heteroatoms. The van der Waals surface area contributed by atoms with Gasteiger partial charge in [0.25, 0.3) is 0 Å². The van der Waals surface area contributed by atoms with Crippen molar-refractivity contribution in [2.45, 2.75) is 35.8 Å². The number of carbonyl (C=O) groups excluding carboxylic acids is 1. The Morgan fingerprint density at radius 2 is 2.07 bits per heavy atom. The van der Waals surface area contributed by atoms with Crippen molar-refractivity contribution >= 4 is 18.0 Å². The van der Waals surface area contributed by atoms with Gasteiger partial charge in [0.05, 0.1) is 5.56 Å². The minimum absolute atomic E-state index is 0.217. The summed E-state index contributed by atoms with van der Waals surface area (Å²) in [6.45, 7) is 0. The van der Waals surface area contributed by atoms with Gasteiger partial charge in [0.1, 0.15) is 5.82 Å². The molecule has 1 nitrogen and oxygen atoms in total. The molecule has 0 unspecified atom stereocenters. The number of thioether (sulfide) groups is 1. The molecule has 0 radical (unpaired) electrons. The van der Waals surface area contributed by atoms with E-state index in [-0.39, 0.29) is 5.56 Å². The molecule has 80 valence electrons. The predicted octanol–water partition coefficient (Wildman–Crippen LogP) is 3.67. The average Bonchev–Trinajstić information content (AvgIpc) is 2.71. The molecule has 1 aromatic carbocycles. The van der Waals surface area contributed by atoms with E-state index in [1.807, 2.05) is 6.07 Å². The summed E-state index contributed by atoms with van der Waals surface area (Å²) >= 11 is 1.65. The van der Waals surface area contributed by atoms with Crippen LogP contribution < -0.4 is 0 Å². The lowest BCUT2D eigenvalue weighted by atomic mass is 10.2. The second-order valence-electron chi connectivity index (χ2n) is 3.79. The van der Waals surface area contributed by atoms with Crippen molar-refractivity contribution in [3.8, 4) is 0 Å². The average molecular weight is 224 g/mol. The van der Waals surface area contributed by atoms with Gasteiger partial charge in [-0.2, -0.15) is 0 Å². The lowest BCUT2D eigenvalue weighted by molar-refractivity contribution is 0.111. The Balaban J connectivity index is 2.19. The number of hydrogen-bond acceptors (Lipinski definition) is 2. The number of aldehydes is 1. The van der Waals surface area contributed by atoms with Gasteiger partial charge in [0.15, 0.2) is 6.29 Å². The number of hydrogen-bond donors (Lipinski definition) is 0. The molecule has 0 aromatic heterocycles. The van der Waals surface area contributed by atoms with E-state index in [1.165, 1.54) is 31.7 Å². The first-order valence-corrected chi connectivity index (χ1v) is 6.09. The summed E-state index contributed by atoms with van der Waals surface area (Å²) in [5.41, 5.74) is 0.217. The minimum atomic E-state index is -0.409. The van der Waals surface area contributed by atoms with Gasteiger partial charge >= 0.3 is 0 Å². The van der Waals surface area contributed by atoms with Crippen molar-refractivity contribution < 1.29 is 9.18 Å². The zero-order chi connectivity index (χ0) is 10.7. The van der Waals surface area contributed by atoms with Crippen LogP contribution in [-0.2, 0) is 0 Å². The first-order chi connectivity index (χ1) is 7.31. The molecule has 0 N–H and O–H groups in total. The van der Waals surface area contributed by atoms with Crippen molar-refractivity contribution in [2.24, 2.45) is 0 Å². The fraction of sp³-hybridized carbons (Fsp3) is 0.417. The van der Waals surface area contributed by atoms with Crippen molar-refractivity contribution in [3.05, 3.63) is 29.6 Å². The van der Waals surface area contributed by atoms with E-state index in [1.54, 1.807) is 17.8 Å². The lowest BCUT2D eigenvalue weighted by Gasteiger charge is -2.10. The first-order valence-electron chi connectivity index (χ1n) is 5.21. The molecule has 0 heterocycles. The normalized spacial score (nSPS) is 16.9. The van der Waals surface area contributed by atoms with Crippen molar-refractivity contribution in [1.29, 1.82) is 0 Å². The molecular formula is C12H13FOS. The number of benzene rings is 1. The van der Waals surface area contributed by atoms with Crippen LogP contribution in [0.2, 0.25) is 0 Å². The van der Waals surface area contributed by atoms with Gasteiger partial charge in [0.2, 0.25) is 0 Å². The third kappa shape index (κ3) is 2.40. The molecule has 0 aliphatic heterocycles. The smallest absolute Gasteiger partial charge is 0.154 e. The summed E-state index contributed by atoms with van der Waals surface area (Å²) in [5, 5.41) is 0.561. The number of rotatable bonds is 3. The highest BCUT2D eigenvalue weighted by Gasteiger charge is 2.18. The van der Waals surface area contributed by atoms with Gasteiger partial charge in [-0.1, -0.05) is 18.9 Å². The highest BCUT2D eigenvalue weighted by Crippen LogP contribution is 2.36. The maximum absolute atomic E-state index is 13.3. The first kappa shape index (κ1) is 10.7. The summed E-state index contributed by atoms with van der Waals surface area (Å²) in [6.07, 6.45) is 5.48. The van der Waals surface area contributed by atoms with Crippen LogP contribution in [0, 0.1) is 5.82 Å². The third-order valence-electron chi connectivity index (χ3n) is 2.73. The summed E-state index contributed by atoms with van der Waals surface area (Å²) in [4.78, 5) is 11.6. The molecule has 0 atom stereocenters. The van der Waals surface area contributed by atoms with Crippen LogP contribution in [0.25, 0.3) is 0 Å². The van der Waals surface area contributed by atoms with E-state index in [0.29, 0.717) is 11.5 Å². The van der Waals surface area contributed by atoms with E-state index in [4.69, 9.17) is 0 Å². The number of halogens is 1. The highest BCUT2D eigenvalue weighted by molar-refractivity contribution is 8.00. The van der Waals surface area contributed by atoms with Gasteiger partial charge in [0, 0.05) is 10.1 Å². The maximum atomic E-state index is 13.3. The fourth-order valence-electron chi connectivity index (χ4n) is 1.92. The van der Waals surface area contributed by atoms with E-state index in [2.05, 4.69) is 0 Å². The second-order valence-corrected chi connectivity index (χ2v) is 5.14. The minimum Gasteiger partial charge on any atom is -0.298 e. The zero-order valence-electron chi connectivity index (χ0n) is 8.41. The monoisotopic (exact) mass is 224 g/mol. The van der Waals surface area contributed by atoms with E-state index in [9.17, 15) is 9.18 Å². The van der Waals surface area contributed by atoms with Crippen LogP contribution in [0.4, 0.5) is 4.39 Å². The Kier molecular flexibility index (Phi) is 3.41. The molecule has 0 amide bonds. The Bertz CT molecular complexity index is 359. The quantitative estimate of drug-likeness (QED) is 0.729. The van der Waals surface area contributed by atoms with Crippen LogP contribution in [0.3, 0.4) is 0 Å². The molecule has 15 heavy (non-hydrogen) atoms. The summed E-state index contributed by atoms with van der Waals surface area (Å²) < 4.78 is 13.3.